The van der Waals surface area contributed by atoms with Crippen LogP contribution in [-0.4, -0.2) is 48.4 Å². The Morgan fingerprint density at radius 1 is 1.15 bits per heavy atom. The normalized spacial score (nSPS) is 28.8. The summed E-state index contributed by atoms with van der Waals surface area (Å²) >= 11 is 0. The van der Waals surface area contributed by atoms with Gasteiger partial charge in [-0.3, -0.25) is 19.3 Å². The molecule has 3 rings (SSSR count). The fourth-order valence-corrected chi connectivity index (χ4v) is 4.04. The number of likely N-dealkylation sites (tertiary alicyclic amines) is 1. The molecule has 4 atom stereocenters. The third-order valence-electron chi connectivity index (χ3n) is 5.23. The Balaban J connectivity index is 2.03. The molecule has 0 bridgehead atoms. The van der Waals surface area contributed by atoms with Gasteiger partial charge in [-0.2, -0.15) is 0 Å². The minimum absolute atomic E-state index is 0.235. The van der Waals surface area contributed by atoms with E-state index in [0.717, 1.165) is 5.56 Å². The molecule has 0 aliphatic carbocycles. The third kappa shape index (κ3) is 2.74. The first kappa shape index (κ1) is 18.3. The van der Waals surface area contributed by atoms with E-state index in [1.54, 1.807) is 31.0 Å². The van der Waals surface area contributed by atoms with Gasteiger partial charge in [-0.15, -0.1) is 0 Å². The van der Waals surface area contributed by atoms with Crippen molar-refractivity contribution in [1.82, 2.24) is 4.90 Å². The molecule has 1 aromatic carbocycles. The Bertz CT molecular complexity index is 756. The Labute approximate surface area is 153 Å². The van der Waals surface area contributed by atoms with Crippen molar-refractivity contribution >= 4 is 23.5 Å². The molecule has 2 aliphatic rings. The van der Waals surface area contributed by atoms with Crippen LogP contribution in [0.5, 0.6) is 0 Å². The average molecular weight is 356 g/mol. The Kier molecular flexibility index (Phi) is 4.96. The number of nitrogens with zero attached hydrogens (tertiary/aromatic N) is 2. The van der Waals surface area contributed by atoms with Crippen molar-refractivity contribution in [2.75, 3.05) is 18.6 Å². The van der Waals surface area contributed by atoms with Crippen LogP contribution in [0.25, 0.3) is 0 Å². The molecule has 1 aromatic rings. The molecular weight excluding hydrogens is 332 g/mol. The molecule has 6 heteroatoms. The van der Waals surface area contributed by atoms with Crippen LogP contribution in [-0.2, 0) is 19.1 Å². The van der Waals surface area contributed by atoms with Crippen LogP contribution in [0.1, 0.15) is 19.4 Å². The van der Waals surface area contributed by atoms with Gasteiger partial charge in [-0.1, -0.05) is 29.8 Å². The number of anilines is 1. The molecule has 0 radical (unpaired) electrons. The van der Waals surface area contributed by atoms with Crippen molar-refractivity contribution in [2.24, 2.45) is 11.8 Å². The topological polar surface area (TPSA) is 66.9 Å². The summed E-state index contributed by atoms with van der Waals surface area (Å²) in [5, 5.41) is 0. The highest BCUT2D eigenvalue weighted by molar-refractivity contribution is 6.23. The molecule has 2 fully saturated rings. The zero-order valence-corrected chi connectivity index (χ0v) is 15.5. The lowest BCUT2D eigenvalue weighted by atomic mass is 9.89. The minimum atomic E-state index is -0.756. The molecule has 2 saturated heterocycles. The number of benzene rings is 1. The fraction of sp³-hybridized carbons (Fsp3) is 0.450. The lowest BCUT2D eigenvalue weighted by Gasteiger charge is -2.27. The van der Waals surface area contributed by atoms with Crippen molar-refractivity contribution in [1.29, 1.82) is 0 Å². The van der Waals surface area contributed by atoms with Gasteiger partial charge >= 0.3 is 5.97 Å². The first-order valence-corrected chi connectivity index (χ1v) is 8.88. The largest absolute Gasteiger partial charge is 0.465 e. The van der Waals surface area contributed by atoms with E-state index in [9.17, 15) is 14.4 Å². The zero-order valence-electron chi connectivity index (χ0n) is 15.5. The van der Waals surface area contributed by atoms with Gasteiger partial charge in [0, 0.05) is 6.04 Å². The molecule has 0 aromatic heterocycles. The summed E-state index contributed by atoms with van der Waals surface area (Å²) < 4.78 is 5.18. The van der Waals surface area contributed by atoms with Crippen molar-refractivity contribution in [3.63, 3.8) is 0 Å². The number of amides is 2. The highest BCUT2D eigenvalue weighted by Gasteiger charge is 2.63. The molecule has 0 saturated carbocycles. The van der Waals surface area contributed by atoms with Crippen molar-refractivity contribution in [2.45, 2.75) is 32.9 Å². The quantitative estimate of drug-likeness (QED) is 0.468. The molecule has 2 aliphatic heterocycles. The van der Waals surface area contributed by atoms with Crippen LogP contribution in [0.15, 0.2) is 36.4 Å². The lowest BCUT2D eigenvalue weighted by Crippen LogP contribution is -2.46. The maximum atomic E-state index is 13.1. The van der Waals surface area contributed by atoms with E-state index in [4.69, 9.17) is 4.74 Å². The van der Waals surface area contributed by atoms with Crippen molar-refractivity contribution in [3.8, 4) is 0 Å². The van der Waals surface area contributed by atoms with Gasteiger partial charge in [0.25, 0.3) is 0 Å². The highest BCUT2D eigenvalue weighted by atomic mass is 16.5. The number of hydrogen-bond acceptors (Lipinski definition) is 5. The standard InChI is InChI=1S/C20H24N2O4/c1-5-7-14-15-16(17(21(14)4)20(25)26-6-2)19(24)22(18(15)23)13-10-8-12(3)9-11-13/h5,7-11,14-17H,6H2,1-4H3/b7-5+/t14-,15?,16?,17+/m1/s1. The van der Waals surface area contributed by atoms with Crippen LogP contribution in [0, 0.1) is 18.8 Å². The monoisotopic (exact) mass is 356 g/mol. The number of fused-ring (bicyclic) bond motifs is 1. The van der Waals surface area contributed by atoms with Crippen LogP contribution >= 0.6 is 0 Å². The molecule has 0 spiro atoms. The Hall–Kier alpha value is -2.47. The Morgan fingerprint density at radius 3 is 2.35 bits per heavy atom. The van der Waals surface area contributed by atoms with E-state index in [0.29, 0.717) is 5.69 Å². The summed E-state index contributed by atoms with van der Waals surface area (Å²) in [6.07, 6.45) is 3.72. The number of esters is 1. The molecule has 0 N–H and O–H groups in total. The SMILES string of the molecule is C/C=C/[C@@H]1C2C(=O)N(c3ccc(C)cc3)C(=O)C2[C@@H](C(=O)OCC)N1C. The number of rotatable bonds is 4. The van der Waals surface area contributed by atoms with E-state index >= 15 is 0 Å². The van der Waals surface area contributed by atoms with Crippen LogP contribution in [0.4, 0.5) is 5.69 Å². The smallest absolute Gasteiger partial charge is 0.324 e. The van der Waals surface area contributed by atoms with Crippen molar-refractivity contribution < 1.29 is 19.1 Å². The first-order valence-electron chi connectivity index (χ1n) is 8.88. The third-order valence-corrected chi connectivity index (χ3v) is 5.23. The summed E-state index contributed by atoms with van der Waals surface area (Å²) in [4.78, 5) is 41.8. The van der Waals surface area contributed by atoms with Gasteiger partial charge in [0.1, 0.15) is 6.04 Å². The minimum Gasteiger partial charge on any atom is -0.465 e. The van der Waals surface area contributed by atoms with E-state index in [-0.39, 0.29) is 24.5 Å². The number of allylic oxidation sites excluding steroid dienone is 1. The molecule has 2 amide bonds. The van der Waals surface area contributed by atoms with E-state index in [1.165, 1.54) is 4.90 Å². The number of likely N-dealkylation sites (N-methyl/N-ethyl adjacent to an activating group) is 1. The van der Waals surface area contributed by atoms with Crippen LogP contribution in [0.3, 0.4) is 0 Å². The van der Waals surface area contributed by atoms with Gasteiger partial charge in [-0.05, 0) is 40.0 Å². The second kappa shape index (κ2) is 7.03. The maximum Gasteiger partial charge on any atom is 0.324 e. The zero-order chi connectivity index (χ0) is 19.0. The molecule has 138 valence electrons. The number of ether oxygens (including phenoxy) is 1. The van der Waals surface area contributed by atoms with Crippen molar-refractivity contribution in [3.05, 3.63) is 42.0 Å². The predicted molar refractivity (Wildman–Crippen MR) is 97.4 cm³/mol. The first-order chi connectivity index (χ1) is 12.4. The molecular formula is C20H24N2O4. The van der Waals surface area contributed by atoms with Gasteiger partial charge in [0.15, 0.2) is 0 Å². The van der Waals surface area contributed by atoms with E-state index < -0.39 is 23.8 Å². The molecule has 26 heavy (non-hydrogen) atoms. The second-order valence-electron chi connectivity index (χ2n) is 6.78. The van der Waals surface area contributed by atoms with Gasteiger partial charge in [-0.25, -0.2) is 4.90 Å². The molecule has 2 heterocycles. The summed E-state index contributed by atoms with van der Waals surface area (Å²) in [5.74, 6) is -2.36. The fourth-order valence-electron chi connectivity index (χ4n) is 4.04. The maximum absolute atomic E-state index is 13.1. The number of imide groups is 1. The average Bonchev–Trinajstić information content (AvgIpc) is 3.03. The Morgan fingerprint density at radius 2 is 1.77 bits per heavy atom. The van der Waals surface area contributed by atoms with Crippen LogP contribution < -0.4 is 4.90 Å². The highest BCUT2D eigenvalue weighted by Crippen LogP contribution is 2.44. The summed E-state index contributed by atoms with van der Waals surface area (Å²) in [5.41, 5.74) is 1.59. The van der Waals surface area contributed by atoms with Gasteiger partial charge < -0.3 is 4.74 Å². The predicted octanol–water partition coefficient (Wildman–Crippen LogP) is 1.92. The summed E-state index contributed by atoms with van der Waals surface area (Å²) in [6.45, 7) is 5.77. The number of aryl methyl sites for hydroxylation is 1. The van der Waals surface area contributed by atoms with Gasteiger partial charge in [0.2, 0.25) is 11.8 Å². The van der Waals surface area contributed by atoms with Crippen LogP contribution in [0.2, 0.25) is 0 Å². The number of carbonyl (C=O) groups excluding carboxylic acids is 3. The summed E-state index contributed by atoms with van der Waals surface area (Å²) in [6, 6.07) is 6.18. The molecule has 2 unspecified atom stereocenters. The second-order valence-corrected chi connectivity index (χ2v) is 6.78. The van der Waals surface area contributed by atoms with E-state index in [2.05, 4.69) is 0 Å². The number of carbonyl (C=O) groups is 3. The van der Waals surface area contributed by atoms with E-state index in [1.807, 2.05) is 38.1 Å². The number of hydrogen-bond donors (Lipinski definition) is 0. The van der Waals surface area contributed by atoms with Gasteiger partial charge in [0.05, 0.1) is 24.1 Å². The molecule has 6 nitrogen and oxygen atoms in total. The lowest BCUT2D eigenvalue weighted by molar-refractivity contribution is -0.151. The summed E-state index contributed by atoms with van der Waals surface area (Å²) in [7, 11) is 1.77.